The third kappa shape index (κ3) is 3.32. The molecule has 1 rings (SSSR count). The molecule has 0 bridgehead atoms. The second kappa shape index (κ2) is 3.98. The SMILES string of the molecule is Cc1cnc(N)c(C(=O)CC(C)(C)N)c1. The summed E-state index contributed by atoms with van der Waals surface area (Å²) >= 11 is 0. The molecule has 0 aliphatic carbocycles. The van der Waals surface area contributed by atoms with Crippen LogP contribution in [0.1, 0.15) is 36.2 Å². The number of anilines is 1. The predicted molar refractivity (Wildman–Crippen MR) is 60.6 cm³/mol. The summed E-state index contributed by atoms with van der Waals surface area (Å²) in [5.74, 6) is 0.214. The second-order valence-electron chi connectivity index (χ2n) is 4.53. The van der Waals surface area contributed by atoms with Gasteiger partial charge in [-0.25, -0.2) is 4.98 Å². The highest BCUT2D eigenvalue weighted by atomic mass is 16.1. The lowest BCUT2D eigenvalue weighted by Gasteiger charge is -2.17. The minimum absolute atomic E-state index is 0.0591. The highest BCUT2D eigenvalue weighted by Crippen LogP contribution is 2.16. The summed E-state index contributed by atoms with van der Waals surface area (Å²) in [4.78, 5) is 15.8. The number of nitrogens with two attached hydrogens (primary N) is 2. The van der Waals surface area contributed by atoms with Crippen LogP contribution in [0, 0.1) is 6.92 Å². The quantitative estimate of drug-likeness (QED) is 0.731. The number of aryl methyl sites for hydroxylation is 1. The number of carbonyl (C=O) groups is 1. The topological polar surface area (TPSA) is 82.0 Å². The number of hydrogen-bond donors (Lipinski definition) is 2. The molecular weight excluding hydrogens is 190 g/mol. The van der Waals surface area contributed by atoms with Crippen molar-refractivity contribution in [2.75, 3.05) is 5.73 Å². The molecule has 1 heterocycles. The van der Waals surface area contributed by atoms with E-state index in [0.29, 0.717) is 5.56 Å². The molecule has 15 heavy (non-hydrogen) atoms. The maximum Gasteiger partial charge on any atom is 0.168 e. The fourth-order valence-electron chi connectivity index (χ4n) is 1.31. The average Bonchev–Trinajstić information content (AvgIpc) is 2.06. The lowest BCUT2D eigenvalue weighted by Crippen LogP contribution is -2.34. The first-order chi connectivity index (χ1) is 6.79. The van der Waals surface area contributed by atoms with Crippen LogP contribution in [0.5, 0.6) is 0 Å². The Labute approximate surface area is 89.7 Å². The zero-order valence-electron chi connectivity index (χ0n) is 9.37. The smallest absolute Gasteiger partial charge is 0.168 e. The molecule has 0 aliphatic rings. The third-order valence-electron chi connectivity index (χ3n) is 1.97. The predicted octanol–water partition coefficient (Wildman–Crippen LogP) is 1.28. The molecule has 4 N–H and O–H groups in total. The summed E-state index contributed by atoms with van der Waals surface area (Å²) in [5.41, 5.74) is 12.3. The maximum absolute atomic E-state index is 11.8. The lowest BCUT2D eigenvalue weighted by molar-refractivity contribution is 0.0961. The zero-order chi connectivity index (χ0) is 11.6. The van der Waals surface area contributed by atoms with Crippen LogP contribution in [0.3, 0.4) is 0 Å². The van der Waals surface area contributed by atoms with Gasteiger partial charge in [-0.1, -0.05) is 0 Å². The van der Waals surface area contributed by atoms with Gasteiger partial charge in [0, 0.05) is 18.2 Å². The number of nitrogens with zero attached hydrogens (tertiary/aromatic N) is 1. The van der Waals surface area contributed by atoms with Crippen molar-refractivity contribution in [2.45, 2.75) is 32.7 Å². The number of Topliss-reactive ketones (excluding diaryl/α,β-unsaturated/α-hetero) is 1. The van der Waals surface area contributed by atoms with E-state index in [1.165, 1.54) is 0 Å². The zero-order valence-corrected chi connectivity index (χ0v) is 9.37. The average molecular weight is 207 g/mol. The van der Waals surface area contributed by atoms with Crippen LogP contribution in [-0.4, -0.2) is 16.3 Å². The molecule has 0 saturated carbocycles. The minimum atomic E-state index is -0.521. The van der Waals surface area contributed by atoms with Crippen LogP contribution in [-0.2, 0) is 0 Å². The largest absolute Gasteiger partial charge is 0.383 e. The molecule has 0 spiro atoms. The van der Waals surface area contributed by atoms with Crippen molar-refractivity contribution in [1.29, 1.82) is 0 Å². The van der Waals surface area contributed by atoms with Crippen molar-refractivity contribution in [3.8, 4) is 0 Å². The molecule has 0 aromatic carbocycles. The van der Waals surface area contributed by atoms with Crippen LogP contribution >= 0.6 is 0 Å². The molecule has 0 amide bonds. The minimum Gasteiger partial charge on any atom is -0.383 e. The number of aromatic nitrogens is 1. The Kier molecular flexibility index (Phi) is 3.09. The number of hydrogen-bond acceptors (Lipinski definition) is 4. The van der Waals surface area contributed by atoms with Crippen molar-refractivity contribution in [3.05, 3.63) is 23.4 Å². The molecule has 0 atom stereocenters. The molecule has 0 unspecified atom stereocenters. The molecule has 4 nitrogen and oxygen atoms in total. The molecule has 4 heteroatoms. The van der Waals surface area contributed by atoms with Crippen LogP contribution < -0.4 is 11.5 Å². The molecule has 0 radical (unpaired) electrons. The van der Waals surface area contributed by atoms with Crippen LogP contribution in [0.25, 0.3) is 0 Å². The fraction of sp³-hybridized carbons (Fsp3) is 0.455. The first kappa shape index (κ1) is 11.7. The monoisotopic (exact) mass is 207 g/mol. The van der Waals surface area contributed by atoms with Gasteiger partial charge in [-0.05, 0) is 32.4 Å². The first-order valence-corrected chi connectivity index (χ1v) is 4.84. The van der Waals surface area contributed by atoms with Crippen LogP contribution in [0.4, 0.5) is 5.82 Å². The van der Waals surface area contributed by atoms with Gasteiger partial charge in [-0.15, -0.1) is 0 Å². The van der Waals surface area contributed by atoms with Crippen LogP contribution in [0.2, 0.25) is 0 Å². The molecular formula is C11H17N3O. The van der Waals surface area contributed by atoms with Crippen molar-refractivity contribution in [3.63, 3.8) is 0 Å². The van der Waals surface area contributed by atoms with Gasteiger partial charge in [-0.3, -0.25) is 4.79 Å². The number of carbonyl (C=O) groups excluding carboxylic acids is 1. The number of pyridine rings is 1. The number of ketones is 1. The third-order valence-corrected chi connectivity index (χ3v) is 1.97. The molecule has 82 valence electrons. The highest BCUT2D eigenvalue weighted by molar-refractivity contribution is 6.00. The Bertz CT molecular complexity index is 380. The summed E-state index contributed by atoms with van der Waals surface area (Å²) in [5, 5.41) is 0. The lowest BCUT2D eigenvalue weighted by atomic mass is 9.95. The summed E-state index contributed by atoms with van der Waals surface area (Å²) < 4.78 is 0. The van der Waals surface area contributed by atoms with E-state index in [-0.39, 0.29) is 18.0 Å². The van der Waals surface area contributed by atoms with Gasteiger partial charge < -0.3 is 11.5 Å². The molecule has 1 aromatic rings. The first-order valence-electron chi connectivity index (χ1n) is 4.84. The normalized spacial score (nSPS) is 11.5. The Morgan fingerprint density at radius 3 is 2.67 bits per heavy atom. The Hall–Kier alpha value is -1.42. The summed E-state index contributed by atoms with van der Waals surface area (Å²) in [6.07, 6.45) is 1.90. The van der Waals surface area contributed by atoms with Gasteiger partial charge >= 0.3 is 0 Å². The summed E-state index contributed by atoms with van der Waals surface area (Å²) in [7, 11) is 0. The van der Waals surface area contributed by atoms with E-state index in [4.69, 9.17) is 11.5 Å². The Balaban J connectivity index is 2.96. The van der Waals surface area contributed by atoms with Gasteiger partial charge in [0.05, 0.1) is 5.56 Å². The van der Waals surface area contributed by atoms with Gasteiger partial charge in [-0.2, -0.15) is 0 Å². The second-order valence-corrected chi connectivity index (χ2v) is 4.53. The van der Waals surface area contributed by atoms with Gasteiger partial charge in [0.25, 0.3) is 0 Å². The van der Waals surface area contributed by atoms with E-state index in [9.17, 15) is 4.79 Å². The molecule has 0 aliphatic heterocycles. The maximum atomic E-state index is 11.8. The van der Waals surface area contributed by atoms with Crippen molar-refractivity contribution >= 4 is 11.6 Å². The highest BCUT2D eigenvalue weighted by Gasteiger charge is 2.19. The summed E-state index contributed by atoms with van der Waals surface area (Å²) in [6, 6.07) is 1.75. The number of rotatable bonds is 3. The van der Waals surface area contributed by atoms with E-state index >= 15 is 0 Å². The molecule has 0 saturated heterocycles. The summed E-state index contributed by atoms with van der Waals surface area (Å²) in [6.45, 7) is 5.49. The van der Waals surface area contributed by atoms with Gasteiger partial charge in [0.1, 0.15) is 5.82 Å². The standard InChI is InChI=1S/C11H17N3O/c1-7-4-8(10(12)14-6-7)9(15)5-11(2,3)13/h4,6H,5,13H2,1-3H3,(H2,12,14). The van der Waals surface area contributed by atoms with E-state index in [0.717, 1.165) is 5.56 Å². The van der Waals surface area contributed by atoms with E-state index in [1.807, 2.05) is 20.8 Å². The van der Waals surface area contributed by atoms with Gasteiger partial charge in [0.15, 0.2) is 5.78 Å². The molecule has 0 fully saturated rings. The number of nitrogen functional groups attached to an aromatic ring is 1. The van der Waals surface area contributed by atoms with Gasteiger partial charge in [0.2, 0.25) is 0 Å². The Morgan fingerprint density at radius 2 is 2.13 bits per heavy atom. The van der Waals surface area contributed by atoms with Crippen molar-refractivity contribution < 1.29 is 4.79 Å². The Morgan fingerprint density at radius 1 is 1.53 bits per heavy atom. The van der Waals surface area contributed by atoms with E-state index < -0.39 is 5.54 Å². The van der Waals surface area contributed by atoms with Crippen molar-refractivity contribution in [2.24, 2.45) is 5.73 Å². The van der Waals surface area contributed by atoms with E-state index in [2.05, 4.69) is 4.98 Å². The van der Waals surface area contributed by atoms with E-state index in [1.54, 1.807) is 12.3 Å². The fourth-order valence-corrected chi connectivity index (χ4v) is 1.31. The van der Waals surface area contributed by atoms with Crippen LogP contribution in [0.15, 0.2) is 12.3 Å². The van der Waals surface area contributed by atoms with Crippen molar-refractivity contribution in [1.82, 2.24) is 4.98 Å². The molecule has 1 aromatic heterocycles.